The molecule has 0 saturated carbocycles. The molecule has 0 heterocycles. The summed E-state index contributed by atoms with van der Waals surface area (Å²) in [5.74, 6) is 0.539. The van der Waals surface area contributed by atoms with Crippen molar-refractivity contribution in [2.24, 2.45) is 5.73 Å². The number of nitrogens with zero attached hydrogens (tertiary/aromatic N) is 1. The fourth-order valence-electron chi connectivity index (χ4n) is 2.06. The fourth-order valence-corrected chi connectivity index (χ4v) is 2.06. The quantitative estimate of drug-likeness (QED) is 0.933. The van der Waals surface area contributed by atoms with Crippen LogP contribution in [0.1, 0.15) is 24.1 Å². The Morgan fingerprint density at radius 3 is 2.38 bits per heavy atom. The molecule has 0 bridgehead atoms. The van der Waals surface area contributed by atoms with Crippen LogP contribution in [0.2, 0.25) is 0 Å². The second-order valence-electron chi connectivity index (χ2n) is 4.49. The summed E-state index contributed by atoms with van der Waals surface area (Å²) in [5, 5.41) is 9.04. The van der Waals surface area contributed by atoms with Gasteiger partial charge in [-0.3, -0.25) is 0 Å². The van der Waals surface area contributed by atoms with Gasteiger partial charge in [0.25, 0.3) is 0 Å². The monoisotopic (exact) mass is 286 g/mol. The van der Waals surface area contributed by atoms with Crippen LogP contribution in [0.15, 0.2) is 36.4 Å². The molecule has 0 aliphatic rings. The van der Waals surface area contributed by atoms with Crippen LogP contribution < -0.4 is 15.2 Å². The normalized spacial score (nSPS) is 11.6. The molecular formula is C16H15FN2O2. The highest BCUT2D eigenvalue weighted by atomic mass is 19.1. The van der Waals surface area contributed by atoms with Gasteiger partial charge in [0.2, 0.25) is 0 Å². The van der Waals surface area contributed by atoms with Gasteiger partial charge in [-0.05, 0) is 31.2 Å². The number of hydrogen-bond acceptors (Lipinski definition) is 4. The summed E-state index contributed by atoms with van der Waals surface area (Å²) < 4.78 is 24.6. The highest BCUT2D eigenvalue weighted by molar-refractivity contribution is 5.51. The molecule has 2 aromatic rings. The van der Waals surface area contributed by atoms with Crippen molar-refractivity contribution in [3.05, 3.63) is 53.3 Å². The van der Waals surface area contributed by atoms with Gasteiger partial charge < -0.3 is 15.2 Å². The lowest BCUT2D eigenvalue weighted by atomic mass is 10.1. The number of ether oxygens (including phenoxy) is 2. The summed E-state index contributed by atoms with van der Waals surface area (Å²) in [6.45, 7) is 1.79. The van der Waals surface area contributed by atoms with Gasteiger partial charge in [0.1, 0.15) is 34.7 Å². The third-order valence-electron chi connectivity index (χ3n) is 3.01. The van der Waals surface area contributed by atoms with Crippen molar-refractivity contribution in [2.45, 2.75) is 13.0 Å². The summed E-state index contributed by atoms with van der Waals surface area (Å²) in [7, 11) is 1.54. The second-order valence-corrected chi connectivity index (χ2v) is 4.49. The summed E-state index contributed by atoms with van der Waals surface area (Å²) >= 11 is 0. The van der Waals surface area contributed by atoms with Crippen LogP contribution in [-0.2, 0) is 0 Å². The summed E-state index contributed by atoms with van der Waals surface area (Å²) in [6, 6.07) is 10.9. The van der Waals surface area contributed by atoms with Gasteiger partial charge in [0, 0.05) is 6.04 Å². The Kier molecular flexibility index (Phi) is 4.41. The lowest BCUT2D eigenvalue weighted by Gasteiger charge is -2.17. The van der Waals surface area contributed by atoms with Gasteiger partial charge in [-0.25, -0.2) is 4.39 Å². The van der Waals surface area contributed by atoms with E-state index in [1.54, 1.807) is 31.2 Å². The van der Waals surface area contributed by atoms with Crippen molar-refractivity contribution in [2.75, 3.05) is 7.11 Å². The Labute approximate surface area is 122 Å². The molecule has 2 N–H and O–H groups in total. The highest BCUT2D eigenvalue weighted by Gasteiger charge is 2.17. The molecule has 21 heavy (non-hydrogen) atoms. The third-order valence-corrected chi connectivity index (χ3v) is 3.01. The van der Waals surface area contributed by atoms with Crippen molar-refractivity contribution in [3.63, 3.8) is 0 Å². The average molecular weight is 286 g/mol. The third kappa shape index (κ3) is 2.96. The minimum absolute atomic E-state index is 0.143. The molecule has 0 aromatic heterocycles. The first-order valence-electron chi connectivity index (χ1n) is 6.37. The zero-order chi connectivity index (χ0) is 15.4. The van der Waals surface area contributed by atoms with E-state index in [-0.39, 0.29) is 17.4 Å². The Balaban J connectivity index is 2.51. The van der Waals surface area contributed by atoms with Crippen LogP contribution in [0.25, 0.3) is 0 Å². The minimum Gasteiger partial charge on any atom is -0.496 e. The van der Waals surface area contributed by atoms with Gasteiger partial charge >= 0.3 is 0 Å². The van der Waals surface area contributed by atoms with Gasteiger partial charge in [-0.15, -0.1) is 0 Å². The van der Waals surface area contributed by atoms with E-state index in [0.717, 1.165) is 0 Å². The number of hydrogen-bond donors (Lipinski definition) is 1. The second kappa shape index (κ2) is 6.25. The zero-order valence-electron chi connectivity index (χ0n) is 11.8. The van der Waals surface area contributed by atoms with E-state index >= 15 is 0 Å². The van der Waals surface area contributed by atoms with E-state index < -0.39 is 5.82 Å². The molecule has 1 atom stereocenters. The van der Waals surface area contributed by atoms with Gasteiger partial charge in [-0.1, -0.05) is 12.1 Å². The Bertz CT molecular complexity index is 693. The van der Waals surface area contributed by atoms with Gasteiger partial charge in [0.05, 0.1) is 12.7 Å². The van der Waals surface area contributed by atoms with E-state index in [9.17, 15) is 4.39 Å². The topological polar surface area (TPSA) is 68.3 Å². The van der Waals surface area contributed by atoms with Crippen LogP contribution in [0.5, 0.6) is 17.2 Å². The van der Waals surface area contributed by atoms with Crippen molar-refractivity contribution in [1.29, 1.82) is 5.26 Å². The lowest BCUT2D eigenvalue weighted by molar-refractivity contribution is 0.397. The van der Waals surface area contributed by atoms with Gasteiger partial charge in [0.15, 0.2) is 0 Å². The Morgan fingerprint density at radius 2 is 1.76 bits per heavy atom. The van der Waals surface area contributed by atoms with Gasteiger partial charge in [-0.2, -0.15) is 5.26 Å². The average Bonchev–Trinajstić information content (AvgIpc) is 2.47. The number of methoxy groups -OCH3 is 1. The maximum atomic E-state index is 13.6. The molecule has 0 aliphatic carbocycles. The number of benzene rings is 2. The molecule has 5 heteroatoms. The molecule has 1 unspecified atom stereocenters. The molecule has 2 rings (SSSR count). The summed E-state index contributed by atoms with van der Waals surface area (Å²) in [6.07, 6.45) is 0. The molecule has 0 spiro atoms. The van der Waals surface area contributed by atoms with E-state index in [1.165, 1.54) is 25.3 Å². The van der Waals surface area contributed by atoms with Crippen LogP contribution in [0.3, 0.4) is 0 Å². The molecule has 0 aliphatic heterocycles. The van der Waals surface area contributed by atoms with Crippen LogP contribution >= 0.6 is 0 Å². The molecule has 0 fully saturated rings. The predicted molar refractivity (Wildman–Crippen MR) is 76.8 cm³/mol. The standard InChI is InChI=1S/C16H15FN2O2/c1-10(19)16-14(20-2)7-4-8-15(16)21-13-6-3-5-12(17)11(13)9-18/h3-8,10H,19H2,1-2H3. The smallest absolute Gasteiger partial charge is 0.148 e. The van der Waals surface area contributed by atoms with Crippen molar-refractivity contribution in [3.8, 4) is 23.3 Å². The maximum absolute atomic E-state index is 13.6. The Hall–Kier alpha value is -2.58. The zero-order valence-corrected chi connectivity index (χ0v) is 11.8. The van der Waals surface area contributed by atoms with E-state index in [2.05, 4.69) is 0 Å². The van der Waals surface area contributed by atoms with E-state index in [0.29, 0.717) is 17.1 Å². The summed E-state index contributed by atoms with van der Waals surface area (Å²) in [4.78, 5) is 0. The lowest BCUT2D eigenvalue weighted by Crippen LogP contribution is -2.09. The SMILES string of the molecule is COc1cccc(Oc2cccc(F)c2C#N)c1C(C)N. The minimum atomic E-state index is -0.625. The molecule has 0 radical (unpaired) electrons. The molecular weight excluding hydrogens is 271 g/mol. The van der Waals surface area contributed by atoms with Crippen LogP contribution in [0, 0.1) is 17.1 Å². The number of rotatable bonds is 4. The maximum Gasteiger partial charge on any atom is 0.148 e. The number of nitriles is 1. The van der Waals surface area contributed by atoms with Crippen molar-refractivity contribution in [1.82, 2.24) is 0 Å². The van der Waals surface area contributed by atoms with E-state index in [4.69, 9.17) is 20.5 Å². The molecule has 108 valence electrons. The number of nitrogens with two attached hydrogens (primary N) is 1. The summed E-state index contributed by atoms with van der Waals surface area (Å²) in [5.41, 5.74) is 6.46. The Morgan fingerprint density at radius 1 is 1.14 bits per heavy atom. The molecule has 2 aromatic carbocycles. The first kappa shape index (κ1) is 14.8. The van der Waals surface area contributed by atoms with Crippen molar-refractivity contribution >= 4 is 0 Å². The number of halogens is 1. The molecule has 0 saturated heterocycles. The highest BCUT2D eigenvalue weighted by Crippen LogP contribution is 2.36. The predicted octanol–water partition coefficient (Wildman–Crippen LogP) is 3.52. The van der Waals surface area contributed by atoms with Crippen molar-refractivity contribution < 1.29 is 13.9 Å². The molecule has 0 amide bonds. The first-order valence-corrected chi connectivity index (χ1v) is 6.37. The van der Waals surface area contributed by atoms with E-state index in [1.807, 2.05) is 0 Å². The first-order chi connectivity index (χ1) is 10.1. The molecule has 4 nitrogen and oxygen atoms in total. The van der Waals surface area contributed by atoms with Crippen LogP contribution in [0.4, 0.5) is 4.39 Å². The van der Waals surface area contributed by atoms with Crippen LogP contribution in [-0.4, -0.2) is 7.11 Å². The largest absolute Gasteiger partial charge is 0.496 e. The fraction of sp³-hybridized carbons (Fsp3) is 0.188.